The molecule has 1 aromatic rings. The molecular formula is C16H26N2O. The Morgan fingerprint density at radius 3 is 2.63 bits per heavy atom. The van der Waals surface area contributed by atoms with Crippen LogP contribution in [0.5, 0.6) is 0 Å². The van der Waals surface area contributed by atoms with Crippen LogP contribution in [0.2, 0.25) is 0 Å². The summed E-state index contributed by atoms with van der Waals surface area (Å²) in [6.45, 7) is 1.13. The minimum Gasteiger partial charge on any atom is -0.396 e. The Labute approximate surface area is 116 Å². The van der Waals surface area contributed by atoms with E-state index in [1.54, 1.807) is 0 Å². The first-order valence-corrected chi connectivity index (χ1v) is 7.62. The number of pyridine rings is 1. The fourth-order valence-corrected chi connectivity index (χ4v) is 2.83. The third kappa shape index (κ3) is 5.29. The highest BCUT2D eigenvalue weighted by atomic mass is 16.3. The van der Waals surface area contributed by atoms with E-state index in [4.69, 9.17) is 0 Å². The molecule has 19 heavy (non-hydrogen) atoms. The van der Waals surface area contributed by atoms with E-state index >= 15 is 0 Å². The third-order valence-electron chi connectivity index (χ3n) is 4.03. The Bertz CT molecular complexity index is 334. The fraction of sp³-hybridized carbons (Fsp3) is 0.688. The lowest BCUT2D eigenvalue weighted by Gasteiger charge is -2.20. The number of nitrogens with zero attached hydrogens (tertiary/aromatic N) is 1. The van der Waals surface area contributed by atoms with Crippen LogP contribution in [0, 0.1) is 5.92 Å². The summed E-state index contributed by atoms with van der Waals surface area (Å²) < 4.78 is 0. The zero-order valence-corrected chi connectivity index (χ0v) is 11.7. The molecule has 1 heterocycles. The lowest BCUT2D eigenvalue weighted by Crippen LogP contribution is -2.35. The molecule has 1 aliphatic rings. The zero-order valence-electron chi connectivity index (χ0n) is 11.7. The molecule has 2 rings (SSSR count). The molecule has 0 radical (unpaired) electrons. The fourth-order valence-electron chi connectivity index (χ4n) is 2.83. The van der Waals surface area contributed by atoms with Gasteiger partial charge in [0.25, 0.3) is 0 Å². The molecule has 1 saturated carbocycles. The van der Waals surface area contributed by atoms with Crippen LogP contribution in [0.3, 0.4) is 0 Å². The molecular weight excluding hydrogens is 236 g/mol. The van der Waals surface area contributed by atoms with E-state index in [1.807, 2.05) is 24.4 Å². The molecule has 1 fully saturated rings. The lowest BCUT2D eigenvalue weighted by atomic mass is 10.0. The summed E-state index contributed by atoms with van der Waals surface area (Å²) in [7, 11) is 0. The normalized spacial score (nSPS) is 19.0. The molecule has 0 aliphatic heterocycles. The first-order valence-electron chi connectivity index (χ1n) is 7.62. The molecule has 106 valence electrons. The average Bonchev–Trinajstić information content (AvgIpc) is 2.73. The van der Waals surface area contributed by atoms with Crippen LogP contribution >= 0.6 is 0 Å². The van der Waals surface area contributed by atoms with Crippen molar-refractivity contribution in [3.63, 3.8) is 0 Å². The number of hydrogen-bond acceptors (Lipinski definition) is 3. The van der Waals surface area contributed by atoms with Gasteiger partial charge in [-0.15, -0.1) is 0 Å². The second-order valence-corrected chi connectivity index (χ2v) is 5.67. The first-order chi connectivity index (χ1) is 9.38. The zero-order chi connectivity index (χ0) is 13.3. The summed E-state index contributed by atoms with van der Waals surface area (Å²) in [6, 6.07) is 6.63. The van der Waals surface area contributed by atoms with Gasteiger partial charge < -0.3 is 10.4 Å². The molecule has 0 saturated heterocycles. The van der Waals surface area contributed by atoms with Gasteiger partial charge in [-0.25, -0.2) is 0 Å². The molecule has 1 aliphatic carbocycles. The topological polar surface area (TPSA) is 45.1 Å². The van der Waals surface area contributed by atoms with Gasteiger partial charge in [0, 0.05) is 31.1 Å². The van der Waals surface area contributed by atoms with Gasteiger partial charge in [0.1, 0.15) is 0 Å². The minimum absolute atomic E-state index is 0.232. The van der Waals surface area contributed by atoms with E-state index in [2.05, 4.69) is 10.3 Å². The summed E-state index contributed by atoms with van der Waals surface area (Å²) in [5.41, 5.74) is 1.07. The molecule has 3 nitrogen and oxygen atoms in total. The summed E-state index contributed by atoms with van der Waals surface area (Å²) in [5.74, 6) is 0.276. The van der Waals surface area contributed by atoms with Crippen molar-refractivity contribution in [1.29, 1.82) is 0 Å². The molecule has 0 aromatic carbocycles. The Hall–Kier alpha value is -0.930. The molecule has 1 aromatic heterocycles. The number of aromatic nitrogens is 1. The Morgan fingerprint density at radius 2 is 2.00 bits per heavy atom. The predicted molar refractivity (Wildman–Crippen MR) is 78.0 cm³/mol. The van der Waals surface area contributed by atoms with Crippen LogP contribution in [0.1, 0.15) is 44.2 Å². The van der Waals surface area contributed by atoms with E-state index in [-0.39, 0.29) is 12.5 Å². The highest BCUT2D eigenvalue weighted by Gasteiger charge is 2.15. The highest BCUT2D eigenvalue weighted by Crippen LogP contribution is 2.17. The molecule has 0 bridgehead atoms. The van der Waals surface area contributed by atoms with E-state index < -0.39 is 0 Å². The quantitative estimate of drug-likeness (QED) is 0.774. The number of nitrogens with one attached hydrogen (secondary N) is 1. The van der Waals surface area contributed by atoms with Gasteiger partial charge in [-0.2, -0.15) is 0 Å². The van der Waals surface area contributed by atoms with Gasteiger partial charge >= 0.3 is 0 Å². The van der Waals surface area contributed by atoms with Crippen LogP contribution < -0.4 is 5.32 Å². The summed E-state index contributed by atoms with van der Waals surface area (Å²) in [5, 5.41) is 13.1. The van der Waals surface area contributed by atoms with E-state index in [0.29, 0.717) is 6.04 Å². The second-order valence-electron chi connectivity index (χ2n) is 5.67. The number of rotatable bonds is 6. The van der Waals surface area contributed by atoms with Gasteiger partial charge in [0.15, 0.2) is 0 Å². The van der Waals surface area contributed by atoms with Gasteiger partial charge in [-0.3, -0.25) is 4.98 Å². The Kier molecular flexibility index (Phi) is 6.31. The maximum absolute atomic E-state index is 9.50. The molecule has 1 atom stereocenters. The van der Waals surface area contributed by atoms with Gasteiger partial charge in [-0.05, 0) is 37.3 Å². The van der Waals surface area contributed by atoms with Crippen molar-refractivity contribution in [2.24, 2.45) is 5.92 Å². The molecule has 0 amide bonds. The van der Waals surface area contributed by atoms with Crippen LogP contribution in [0.25, 0.3) is 0 Å². The van der Waals surface area contributed by atoms with Crippen LogP contribution in [0.4, 0.5) is 0 Å². The minimum atomic E-state index is 0.232. The maximum atomic E-state index is 9.50. The summed E-state index contributed by atoms with van der Waals surface area (Å²) in [4.78, 5) is 4.34. The second kappa shape index (κ2) is 8.28. The highest BCUT2D eigenvalue weighted by molar-refractivity contribution is 5.04. The predicted octanol–water partition coefficient (Wildman–Crippen LogP) is 2.55. The lowest BCUT2D eigenvalue weighted by molar-refractivity contribution is 0.215. The van der Waals surface area contributed by atoms with E-state index in [0.717, 1.165) is 18.7 Å². The standard InChI is InChI=1S/C16H26N2O/c19-13-14(11-16-9-5-6-10-17-16)12-18-15-7-3-1-2-4-8-15/h5-6,9-10,14-15,18-19H,1-4,7-8,11-13H2. The van der Waals surface area contributed by atoms with E-state index in [1.165, 1.54) is 38.5 Å². The molecule has 3 heteroatoms. The van der Waals surface area contributed by atoms with Crippen molar-refractivity contribution >= 4 is 0 Å². The maximum Gasteiger partial charge on any atom is 0.0475 e. The van der Waals surface area contributed by atoms with Gasteiger partial charge in [0.05, 0.1) is 0 Å². The number of aliphatic hydroxyl groups excluding tert-OH is 1. The summed E-state index contributed by atoms with van der Waals surface area (Å²) >= 11 is 0. The van der Waals surface area contributed by atoms with Crippen molar-refractivity contribution in [1.82, 2.24) is 10.3 Å². The molecule has 2 N–H and O–H groups in total. The first kappa shape index (κ1) is 14.5. The number of hydrogen-bond donors (Lipinski definition) is 2. The monoisotopic (exact) mass is 262 g/mol. The largest absolute Gasteiger partial charge is 0.396 e. The van der Waals surface area contributed by atoms with Crippen molar-refractivity contribution in [3.8, 4) is 0 Å². The molecule has 0 spiro atoms. The Morgan fingerprint density at radius 1 is 1.21 bits per heavy atom. The van der Waals surface area contributed by atoms with Crippen molar-refractivity contribution in [2.45, 2.75) is 51.0 Å². The molecule has 1 unspecified atom stereocenters. The Balaban J connectivity index is 1.75. The SMILES string of the molecule is OCC(CNC1CCCCCC1)Cc1ccccn1. The average molecular weight is 262 g/mol. The van der Waals surface area contributed by atoms with Crippen LogP contribution in [0.15, 0.2) is 24.4 Å². The van der Waals surface area contributed by atoms with Gasteiger partial charge in [0.2, 0.25) is 0 Å². The van der Waals surface area contributed by atoms with Crippen molar-refractivity contribution in [3.05, 3.63) is 30.1 Å². The summed E-state index contributed by atoms with van der Waals surface area (Å²) in [6.07, 6.45) is 10.7. The smallest absolute Gasteiger partial charge is 0.0475 e. The van der Waals surface area contributed by atoms with Crippen LogP contribution in [-0.2, 0) is 6.42 Å². The van der Waals surface area contributed by atoms with Crippen molar-refractivity contribution < 1.29 is 5.11 Å². The van der Waals surface area contributed by atoms with Crippen LogP contribution in [-0.4, -0.2) is 29.3 Å². The van der Waals surface area contributed by atoms with E-state index in [9.17, 15) is 5.11 Å². The van der Waals surface area contributed by atoms with Gasteiger partial charge in [-0.1, -0.05) is 31.7 Å². The third-order valence-corrected chi connectivity index (χ3v) is 4.03. The number of aliphatic hydroxyl groups is 1. The van der Waals surface area contributed by atoms with Crippen molar-refractivity contribution in [2.75, 3.05) is 13.2 Å².